The van der Waals surface area contributed by atoms with Crippen LogP contribution in [-0.2, 0) is 9.53 Å². The van der Waals surface area contributed by atoms with Crippen LogP contribution in [0.3, 0.4) is 0 Å². The Hall–Kier alpha value is -1.39. The number of hydrogen-bond acceptors (Lipinski definition) is 3. The zero-order valence-electron chi connectivity index (χ0n) is 13.8. The topological polar surface area (TPSA) is 67.8 Å². The average molecular weight is 296 g/mol. The van der Waals surface area contributed by atoms with Gasteiger partial charge >= 0.3 is 6.09 Å². The van der Waals surface area contributed by atoms with Crippen LogP contribution < -0.4 is 5.32 Å². The first-order valence-electron chi connectivity index (χ1n) is 7.75. The molecular weight excluding hydrogens is 268 g/mol. The summed E-state index contributed by atoms with van der Waals surface area (Å²) in [7, 11) is 0. The van der Waals surface area contributed by atoms with Crippen LogP contribution in [-0.4, -0.2) is 29.9 Å². The van der Waals surface area contributed by atoms with Crippen molar-refractivity contribution in [3.05, 3.63) is 0 Å². The summed E-state index contributed by atoms with van der Waals surface area (Å²) in [6.07, 6.45) is 4.63. The van der Waals surface area contributed by atoms with Gasteiger partial charge in [0.25, 0.3) is 0 Å². The summed E-state index contributed by atoms with van der Waals surface area (Å²) >= 11 is 0. The van der Waals surface area contributed by atoms with Crippen molar-refractivity contribution < 1.29 is 14.3 Å². The SMILES string of the molecule is CC(C)NC(=O)C1CCC(/C=N/C(=O)OC(C)(C)C)CC1. The van der Waals surface area contributed by atoms with Gasteiger partial charge < -0.3 is 10.1 Å². The van der Waals surface area contributed by atoms with E-state index in [1.54, 1.807) is 6.21 Å². The molecule has 120 valence electrons. The van der Waals surface area contributed by atoms with Crippen molar-refractivity contribution in [1.82, 2.24) is 5.32 Å². The van der Waals surface area contributed by atoms with E-state index in [1.165, 1.54) is 0 Å². The molecule has 1 rings (SSSR count). The summed E-state index contributed by atoms with van der Waals surface area (Å²) in [5.41, 5.74) is -0.513. The van der Waals surface area contributed by atoms with Crippen molar-refractivity contribution in [3.8, 4) is 0 Å². The summed E-state index contributed by atoms with van der Waals surface area (Å²) in [6.45, 7) is 9.39. The standard InChI is InChI=1S/C16H28N2O3/c1-11(2)18-14(19)13-8-6-12(7-9-13)10-17-15(20)21-16(3,4)5/h10-13H,6-9H2,1-5H3,(H,18,19)/b17-10+. The fraction of sp³-hybridized carbons (Fsp3) is 0.812. The van der Waals surface area contributed by atoms with E-state index < -0.39 is 11.7 Å². The zero-order valence-corrected chi connectivity index (χ0v) is 13.8. The maximum absolute atomic E-state index is 11.9. The zero-order chi connectivity index (χ0) is 16.0. The molecule has 21 heavy (non-hydrogen) atoms. The Morgan fingerprint density at radius 1 is 1.19 bits per heavy atom. The van der Waals surface area contributed by atoms with Crippen LogP contribution in [0.15, 0.2) is 4.99 Å². The molecule has 0 radical (unpaired) electrons. The lowest BCUT2D eigenvalue weighted by molar-refractivity contribution is -0.126. The Morgan fingerprint density at radius 2 is 1.76 bits per heavy atom. The number of carbonyl (C=O) groups is 2. The number of rotatable bonds is 3. The molecule has 0 aromatic carbocycles. The molecule has 0 aliphatic heterocycles. The molecule has 0 aromatic heterocycles. The smallest absolute Gasteiger partial charge is 0.433 e. The summed E-state index contributed by atoms with van der Waals surface area (Å²) < 4.78 is 5.13. The highest BCUT2D eigenvalue weighted by molar-refractivity contribution is 5.81. The quantitative estimate of drug-likeness (QED) is 0.812. The molecule has 1 fully saturated rings. The molecule has 0 bridgehead atoms. The second-order valence-corrected chi connectivity index (χ2v) is 7.03. The molecule has 0 atom stereocenters. The van der Waals surface area contributed by atoms with Gasteiger partial charge in [-0.3, -0.25) is 4.79 Å². The third kappa shape index (κ3) is 7.25. The van der Waals surface area contributed by atoms with E-state index in [-0.39, 0.29) is 23.8 Å². The molecule has 0 heterocycles. The third-order valence-corrected chi connectivity index (χ3v) is 3.36. The molecule has 1 saturated carbocycles. The largest absolute Gasteiger partial charge is 0.442 e. The van der Waals surface area contributed by atoms with Gasteiger partial charge in [0, 0.05) is 18.2 Å². The highest BCUT2D eigenvalue weighted by Gasteiger charge is 2.26. The van der Waals surface area contributed by atoms with Gasteiger partial charge in [0.2, 0.25) is 5.91 Å². The van der Waals surface area contributed by atoms with Crippen LogP contribution in [0, 0.1) is 11.8 Å². The average Bonchev–Trinajstić information content (AvgIpc) is 2.34. The van der Waals surface area contributed by atoms with Gasteiger partial charge in [-0.1, -0.05) is 0 Å². The van der Waals surface area contributed by atoms with Crippen molar-refractivity contribution in [2.24, 2.45) is 16.8 Å². The van der Waals surface area contributed by atoms with Crippen molar-refractivity contribution in [3.63, 3.8) is 0 Å². The fourth-order valence-electron chi connectivity index (χ4n) is 2.39. The first-order chi connectivity index (χ1) is 9.67. The minimum atomic E-state index is -0.540. The summed E-state index contributed by atoms with van der Waals surface area (Å²) in [4.78, 5) is 27.3. The molecule has 1 N–H and O–H groups in total. The second-order valence-electron chi connectivity index (χ2n) is 7.03. The molecule has 1 aliphatic carbocycles. The van der Waals surface area contributed by atoms with Crippen LogP contribution in [0.5, 0.6) is 0 Å². The van der Waals surface area contributed by atoms with Crippen molar-refractivity contribution >= 4 is 18.2 Å². The molecule has 5 nitrogen and oxygen atoms in total. The van der Waals surface area contributed by atoms with Crippen LogP contribution in [0.25, 0.3) is 0 Å². The summed E-state index contributed by atoms with van der Waals surface area (Å²) in [6, 6.07) is 0.184. The number of hydrogen-bond donors (Lipinski definition) is 1. The predicted molar refractivity (Wildman–Crippen MR) is 83.5 cm³/mol. The Labute approximate surface area is 127 Å². The number of aliphatic imine (C=N–C) groups is 1. The lowest BCUT2D eigenvalue weighted by atomic mass is 9.82. The van der Waals surface area contributed by atoms with E-state index in [0.29, 0.717) is 0 Å². The molecule has 0 unspecified atom stereocenters. The fourth-order valence-corrected chi connectivity index (χ4v) is 2.39. The molecule has 1 aliphatic rings. The van der Waals surface area contributed by atoms with E-state index in [0.717, 1.165) is 25.7 Å². The monoisotopic (exact) mass is 296 g/mol. The van der Waals surface area contributed by atoms with Gasteiger partial charge in [-0.05, 0) is 66.2 Å². The summed E-state index contributed by atoms with van der Waals surface area (Å²) in [5, 5.41) is 2.96. The first kappa shape index (κ1) is 17.7. The van der Waals surface area contributed by atoms with Crippen molar-refractivity contribution in [1.29, 1.82) is 0 Å². The van der Waals surface area contributed by atoms with Gasteiger partial charge in [0.05, 0.1) is 0 Å². The third-order valence-electron chi connectivity index (χ3n) is 3.36. The Bertz CT molecular complexity index is 389. The second kappa shape index (κ2) is 7.57. The summed E-state index contributed by atoms with van der Waals surface area (Å²) in [5.74, 6) is 0.506. The highest BCUT2D eigenvalue weighted by atomic mass is 16.6. The molecule has 5 heteroatoms. The van der Waals surface area contributed by atoms with Gasteiger partial charge in [0.1, 0.15) is 5.60 Å². The normalized spacial score (nSPS) is 23.3. The van der Waals surface area contributed by atoms with Gasteiger partial charge in [-0.15, -0.1) is 0 Å². The van der Waals surface area contributed by atoms with Crippen LogP contribution >= 0.6 is 0 Å². The van der Waals surface area contributed by atoms with E-state index in [9.17, 15) is 9.59 Å². The lowest BCUT2D eigenvalue weighted by Crippen LogP contribution is -2.37. The van der Waals surface area contributed by atoms with E-state index in [4.69, 9.17) is 4.74 Å². The number of nitrogens with zero attached hydrogens (tertiary/aromatic N) is 1. The molecular formula is C16H28N2O3. The van der Waals surface area contributed by atoms with Gasteiger partial charge in [0.15, 0.2) is 0 Å². The van der Waals surface area contributed by atoms with Gasteiger partial charge in [-0.25, -0.2) is 4.79 Å². The van der Waals surface area contributed by atoms with Crippen LogP contribution in [0.2, 0.25) is 0 Å². The highest BCUT2D eigenvalue weighted by Crippen LogP contribution is 2.28. The molecule has 2 amide bonds. The molecule has 0 saturated heterocycles. The Balaban J connectivity index is 2.36. The van der Waals surface area contributed by atoms with E-state index in [1.807, 2.05) is 34.6 Å². The molecule has 0 spiro atoms. The predicted octanol–water partition coefficient (Wildman–Crippen LogP) is 3.32. The number of ether oxygens (including phenoxy) is 1. The van der Waals surface area contributed by atoms with Crippen LogP contribution in [0.4, 0.5) is 4.79 Å². The van der Waals surface area contributed by atoms with Gasteiger partial charge in [-0.2, -0.15) is 4.99 Å². The lowest BCUT2D eigenvalue weighted by Gasteiger charge is -2.26. The minimum Gasteiger partial charge on any atom is -0.442 e. The number of nitrogens with one attached hydrogen (secondary N) is 1. The molecule has 0 aromatic rings. The van der Waals surface area contributed by atoms with E-state index >= 15 is 0 Å². The number of carbonyl (C=O) groups excluding carboxylic acids is 2. The maximum Gasteiger partial charge on any atom is 0.433 e. The Morgan fingerprint density at radius 3 is 2.24 bits per heavy atom. The van der Waals surface area contributed by atoms with Crippen molar-refractivity contribution in [2.75, 3.05) is 0 Å². The van der Waals surface area contributed by atoms with Crippen molar-refractivity contribution in [2.45, 2.75) is 71.9 Å². The minimum absolute atomic E-state index is 0.0959. The Kier molecular flexibility index (Phi) is 6.37. The number of amides is 2. The van der Waals surface area contributed by atoms with Crippen LogP contribution in [0.1, 0.15) is 60.3 Å². The maximum atomic E-state index is 11.9. The first-order valence-corrected chi connectivity index (χ1v) is 7.75. The van der Waals surface area contributed by atoms with E-state index in [2.05, 4.69) is 10.3 Å².